The lowest BCUT2D eigenvalue weighted by Gasteiger charge is -2.08. The Morgan fingerprint density at radius 2 is 2.00 bits per heavy atom. The number of carboxylic acids is 1. The van der Waals surface area contributed by atoms with Crippen molar-refractivity contribution in [2.24, 2.45) is 0 Å². The van der Waals surface area contributed by atoms with Gasteiger partial charge in [-0.2, -0.15) is 0 Å². The summed E-state index contributed by atoms with van der Waals surface area (Å²) in [5.41, 5.74) is 3.07. The molecule has 0 fully saturated rings. The topological polar surface area (TPSA) is 68.0 Å². The fourth-order valence-electron chi connectivity index (χ4n) is 2.42. The summed E-state index contributed by atoms with van der Waals surface area (Å²) >= 11 is 0. The Labute approximate surface area is 121 Å². The van der Waals surface area contributed by atoms with E-state index in [4.69, 9.17) is 5.11 Å². The van der Waals surface area contributed by atoms with Gasteiger partial charge in [0.2, 0.25) is 0 Å². The molecular weight excluding hydrogens is 266 g/mol. The summed E-state index contributed by atoms with van der Waals surface area (Å²) in [7, 11) is 0. The molecule has 5 heteroatoms. The van der Waals surface area contributed by atoms with Crippen LogP contribution in [0.15, 0.2) is 42.7 Å². The minimum Gasteiger partial charge on any atom is -0.478 e. The first kappa shape index (κ1) is 13.3. The van der Waals surface area contributed by atoms with Crippen LogP contribution in [-0.2, 0) is 13.0 Å². The third-order valence-corrected chi connectivity index (χ3v) is 3.48. The minimum atomic E-state index is -0.924. The van der Waals surface area contributed by atoms with Crippen LogP contribution in [0.1, 0.15) is 28.7 Å². The summed E-state index contributed by atoms with van der Waals surface area (Å²) in [4.78, 5) is 19.7. The average molecular weight is 281 g/mol. The Balaban J connectivity index is 2.14. The third-order valence-electron chi connectivity index (χ3n) is 3.48. The number of fused-ring (bicyclic) bond motifs is 1. The van der Waals surface area contributed by atoms with Crippen LogP contribution < -0.4 is 0 Å². The van der Waals surface area contributed by atoms with Crippen LogP contribution in [0.4, 0.5) is 0 Å². The molecular formula is C16H15N3O2. The molecule has 0 saturated heterocycles. The second kappa shape index (κ2) is 5.36. The number of hydrogen-bond donors (Lipinski definition) is 1. The van der Waals surface area contributed by atoms with Crippen molar-refractivity contribution in [3.05, 3.63) is 59.7 Å². The lowest BCUT2D eigenvalue weighted by atomic mass is 10.2. The fraction of sp³-hybridized carbons (Fsp3) is 0.188. The standard InChI is InChI=1S/C16H15N3O2/c1-2-15-18-13-4-3-12(16(20)21)9-14(13)19(15)10-11-5-7-17-8-6-11/h3-9H,2,10H2,1H3,(H,20,21). The number of aromatic nitrogens is 3. The molecule has 2 aromatic heterocycles. The largest absolute Gasteiger partial charge is 0.478 e. The highest BCUT2D eigenvalue weighted by Crippen LogP contribution is 2.20. The summed E-state index contributed by atoms with van der Waals surface area (Å²) in [5, 5.41) is 9.15. The van der Waals surface area contributed by atoms with Crippen LogP contribution in [0.3, 0.4) is 0 Å². The molecule has 3 rings (SSSR count). The molecule has 0 atom stereocenters. The summed E-state index contributed by atoms with van der Waals surface area (Å²) in [6, 6.07) is 8.94. The molecule has 5 nitrogen and oxygen atoms in total. The SMILES string of the molecule is CCc1nc2ccc(C(=O)O)cc2n1Cc1ccncc1. The number of rotatable bonds is 4. The van der Waals surface area contributed by atoms with Crippen molar-refractivity contribution < 1.29 is 9.90 Å². The van der Waals surface area contributed by atoms with Crippen LogP contribution in [0.25, 0.3) is 11.0 Å². The van der Waals surface area contributed by atoms with Gasteiger partial charge in [-0.15, -0.1) is 0 Å². The smallest absolute Gasteiger partial charge is 0.335 e. The van der Waals surface area contributed by atoms with Gasteiger partial charge in [-0.05, 0) is 35.9 Å². The number of imidazole rings is 1. The van der Waals surface area contributed by atoms with E-state index in [-0.39, 0.29) is 5.56 Å². The van der Waals surface area contributed by atoms with Crippen molar-refractivity contribution in [3.63, 3.8) is 0 Å². The molecule has 0 aliphatic heterocycles. The molecule has 0 aliphatic carbocycles. The first-order valence-electron chi connectivity index (χ1n) is 6.80. The normalized spacial score (nSPS) is 10.9. The molecule has 1 aromatic carbocycles. The van der Waals surface area contributed by atoms with E-state index in [0.717, 1.165) is 28.8 Å². The van der Waals surface area contributed by atoms with E-state index in [2.05, 4.69) is 14.5 Å². The number of carboxylic acid groups (broad SMARTS) is 1. The summed E-state index contributed by atoms with van der Waals surface area (Å²) in [6.45, 7) is 2.70. The Kier molecular flexibility index (Phi) is 3.39. The average Bonchev–Trinajstić information content (AvgIpc) is 2.85. The molecule has 0 radical (unpaired) electrons. The van der Waals surface area contributed by atoms with E-state index in [0.29, 0.717) is 6.54 Å². The van der Waals surface area contributed by atoms with Gasteiger partial charge in [0.05, 0.1) is 16.6 Å². The molecule has 0 spiro atoms. The Hall–Kier alpha value is -2.69. The van der Waals surface area contributed by atoms with Crippen LogP contribution in [0, 0.1) is 0 Å². The van der Waals surface area contributed by atoms with Gasteiger partial charge in [0.1, 0.15) is 5.82 Å². The fourth-order valence-corrected chi connectivity index (χ4v) is 2.42. The highest BCUT2D eigenvalue weighted by Gasteiger charge is 2.12. The molecule has 0 unspecified atom stereocenters. The van der Waals surface area contributed by atoms with Crippen molar-refractivity contribution in [1.82, 2.24) is 14.5 Å². The maximum Gasteiger partial charge on any atom is 0.335 e. The van der Waals surface area contributed by atoms with Gasteiger partial charge < -0.3 is 9.67 Å². The van der Waals surface area contributed by atoms with Gasteiger partial charge in [0, 0.05) is 25.4 Å². The number of hydrogen-bond acceptors (Lipinski definition) is 3. The zero-order chi connectivity index (χ0) is 14.8. The Morgan fingerprint density at radius 1 is 1.24 bits per heavy atom. The van der Waals surface area contributed by atoms with Crippen LogP contribution in [0.2, 0.25) is 0 Å². The van der Waals surface area contributed by atoms with E-state index in [9.17, 15) is 4.79 Å². The highest BCUT2D eigenvalue weighted by molar-refractivity contribution is 5.92. The van der Waals surface area contributed by atoms with E-state index in [1.54, 1.807) is 30.6 Å². The quantitative estimate of drug-likeness (QED) is 0.798. The summed E-state index contributed by atoms with van der Waals surface area (Å²) in [5.74, 6) is 0.0240. The van der Waals surface area contributed by atoms with E-state index in [1.165, 1.54) is 0 Å². The van der Waals surface area contributed by atoms with Crippen LogP contribution >= 0.6 is 0 Å². The molecule has 1 N–H and O–H groups in total. The lowest BCUT2D eigenvalue weighted by molar-refractivity contribution is 0.0697. The van der Waals surface area contributed by atoms with Crippen molar-refractivity contribution in [1.29, 1.82) is 0 Å². The second-order valence-electron chi connectivity index (χ2n) is 4.83. The molecule has 3 aromatic rings. The predicted molar refractivity (Wildman–Crippen MR) is 79.4 cm³/mol. The van der Waals surface area contributed by atoms with Gasteiger partial charge in [0.25, 0.3) is 0 Å². The number of aromatic carboxylic acids is 1. The van der Waals surface area contributed by atoms with E-state index < -0.39 is 5.97 Å². The van der Waals surface area contributed by atoms with Crippen molar-refractivity contribution in [2.75, 3.05) is 0 Å². The van der Waals surface area contributed by atoms with Crippen molar-refractivity contribution in [3.8, 4) is 0 Å². The number of aryl methyl sites for hydroxylation is 1. The molecule has 106 valence electrons. The first-order chi connectivity index (χ1) is 10.2. The third kappa shape index (κ3) is 2.50. The van der Waals surface area contributed by atoms with Gasteiger partial charge in [-0.3, -0.25) is 4.98 Å². The molecule has 0 saturated carbocycles. The number of carbonyl (C=O) groups is 1. The van der Waals surface area contributed by atoms with Gasteiger partial charge >= 0.3 is 5.97 Å². The summed E-state index contributed by atoms with van der Waals surface area (Å²) < 4.78 is 2.07. The zero-order valence-corrected chi connectivity index (χ0v) is 11.7. The Morgan fingerprint density at radius 3 is 2.67 bits per heavy atom. The molecule has 21 heavy (non-hydrogen) atoms. The van der Waals surface area contributed by atoms with Gasteiger partial charge in [-0.25, -0.2) is 9.78 Å². The number of pyridine rings is 1. The molecule has 0 amide bonds. The first-order valence-corrected chi connectivity index (χ1v) is 6.80. The van der Waals surface area contributed by atoms with Crippen molar-refractivity contribution in [2.45, 2.75) is 19.9 Å². The van der Waals surface area contributed by atoms with E-state index in [1.807, 2.05) is 19.1 Å². The van der Waals surface area contributed by atoms with Gasteiger partial charge in [-0.1, -0.05) is 6.92 Å². The summed E-state index contributed by atoms with van der Waals surface area (Å²) in [6.07, 6.45) is 4.30. The molecule has 0 bridgehead atoms. The highest BCUT2D eigenvalue weighted by atomic mass is 16.4. The molecule has 2 heterocycles. The lowest BCUT2D eigenvalue weighted by Crippen LogP contribution is -2.05. The van der Waals surface area contributed by atoms with Crippen molar-refractivity contribution >= 4 is 17.0 Å². The predicted octanol–water partition coefficient (Wildman–Crippen LogP) is 2.74. The van der Waals surface area contributed by atoms with Crippen LogP contribution in [0.5, 0.6) is 0 Å². The zero-order valence-electron chi connectivity index (χ0n) is 11.7. The molecule has 0 aliphatic rings. The second-order valence-corrected chi connectivity index (χ2v) is 4.83. The number of benzene rings is 1. The minimum absolute atomic E-state index is 0.279. The Bertz CT molecular complexity index is 794. The van der Waals surface area contributed by atoms with Crippen LogP contribution in [-0.4, -0.2) is 25.6 Å². The van der Waals surface area contributed by atoms with Gasteiger partial charge in [0.15, 0.2) is 0 Å². The maximum atomic E-state index is 11.2. The number of nitrogens with zero attached hydrogens (tertiary/aromatic N) is 3. The maximum absolute atomic E-state index is 11.2. The van der Waals surface area contributed by atoms with E-state index >= 15 is 0 Å². The monoisotopic (exact) mass is 281 g/mol.